The van der Waals surface area contributed by atoms with Crippen LogP contribution in [0.25, 0.3) is 0 Å². The third-order valence-corrected chi connectivity index (χ3v) is 4.88. The van der Waals surface area contributed by atoms with Crippen LogP contribution < -0.4 is 5.32 Å². The second-order valence-corrected chi connectivity index (χ2v) is 7.16. The molecule has 1 N–H and O–H groups in total. The molecule has 6 nitrogen and oxygen atoms in total. The molecule has 2 aromatic rings. The van der Waals surface area contributed by atoms with Crippen LogP contribution in [0.1, 0.15) is 29.3 Å². The maximum atomic E-state index is 12.6. The van der Waals surface area contributed by atoms with Gasteiger partial charge in [0.15, 0.2) is 5.69 Å². The fourth-order valence-electron chi connectivity index (χ4n) is 1.99. The molecule has 0 aliphatic heterocycles. The molecule has 2 rings (SSSR count). The van der Waals surface area contributed by atoms with Gasteiger partial charge < -0.3 is 15.0 Å². The summed E-state index contributed by atoms with van der Waals surface area (Å²) >= 11 is 13.1. The average molecular weight is 402 g/mol. The topological polar surface area (TPSA) is 71.5 Å². The van der Waals surface area contributed by atoms with Gasteiger partial charge in [-0.05, 0) is 32.0 Å². The Kier molecular flexibility index (Phi) is 6.64. The number of thiazole rings is 1. The van der Waals surface area contributed by atoms with E-state index in [1.54, 1.807) is 28.5 Å². The summed E-state index contributed by atoms with van der Waals surface area (Å²) in [5.41, 5.74) is 0.774. The summed E-state index contributed by atoms with van der Waals surface area (Å²) in [5, 5.41) is 5.80. The van der Waals surface area contributed by atoms with Crippen LogP contribution in [0.15, 0.2) is 23.6 Å². The van der Waals surface area contributed by atoms with Gasteiger partial charge in [-0.15, -0.1) is 11.3 Å². The SMILES string of the molecule is COC(=O)c1csc(CN(C(=O)Nc2ccc(Cl)c(Cl)c2)C(C)C)n1. The van der Waals surface area contributed by atoms with Gasteiger partial charge in [0.1, 0.15) is 5.01 Å². The van der Waals surface area contributed by atoms with Gasteiger partial charge in [0, 0.05) is 17.1 Å². The highest BCUT2D eigenvalue weighted by Gasteiger charge is 2.20. The highest BCUT2D eigenvalue weighted by atomic mass is 35.5. The number of nitrogens with zero attached hydrogens (tertiary/aromatic N) is 2. The summed E-state index contributed by atoms with van der Waals surface area (Å²) in [5.74, 6) is -0.501. The molecule has 0 fully saturated rings. The lowest BCUT2D eigenvalue weighted by Gasteiger charge is -2.26. The number of aromatic nitrogens is 1. The van der Waals surface area contributed by atoms with E-state index in [1.807, 2.05) is 13.8 Å². The van der Waals surface area contributed by atoms with E-state index in [4.69, 9.17) is 23.2 Å². The number of nitrogens with one attached hydrogen (secondary N) is 1. The molecule has 1 aromatic carbocycles. The van der Waals surface area contributed by atoms with Gasteiger partial charge in [0.05, 0.1) is 23.7 Å². The number of urea groups is 1. The van der Waals surface area contributed by atoms with Crippen LogP contribution >= 0.6 is 34.5 Å². The van der Waals surface area contributed by atoms with E-state index >= 15 is 0 Å². The third-order valence-electron chi connectivity index (χ3n) is 3.31. The van der Waals surface area contributed by atoms with Crippen molar-refractivity contribution < 1.29 is 14.3 Å². The van der Waals surface area contributed by atoms with E-state index in [1.165, 1.54) is 18.4 Å². The second kappa shape index (κ2) is 8.51. The minimum atomic E-state index is -0.501. The molecular weight excluding hydrogens is 385 g/mol. The Morgan fingerprint density at radius 3 is 2.64 bits per heavy atom. The predicted octanol–water partition coefficient (Wildman–Crippen LogP) is 4.68. The standard InChI is InChI=1S/C16H17Cl2N3O3S/c1-9(2)21(7-14-20-13(8-25-14)15(22)24-3)16(23)19-10-4-5-11(17)12(18)6-10/h4-6,8-9H,7H2,1-3H3,(H,19,23). The number of ether oxygens (including phenoxy) is 1. The number of halogens is 2. The molecule has 1 aromatic heterocycles. The van der Waals surface area contributed by atoms with E-state index in [2.05, 4.69) is 15.0 Å². The number of carbonyl (C=O) groups is 2. The number of rotatable bonds is 5. The Balaban J connectivity index is 2.11. The lowest BCUT2D eigenvalue weighted by Crippen LogP contribution is -2.39. The van der Waals surface area contributed by atoms with Gasteiger partial charge in [0.25, 0.3) is 0 Å². The molecule has 0 bridgehead atoms. The fourth-order valence-corrected chi connectivity index (χ4v) is 3.04. The summed E-state index contributed by atoms with van der Waals surface area (Å²) in [7, 11) is 1.30. The molecule has 0 aliphatic carbocycles. The molecule has 25 heavy (non-hydrogen) atoms. The molecule has 0 spiro atoms. The maximum absolute atomic E-state index is 12.6. The van der Waals surface area contributed by atoms with Crippen LogP contribution in [0, 0.1) is 0 Å². The molecule has 0 unspecified atom stereocenters. The van der Waals surface area contributed by atoms with Gasteiger partial charge in [0.2, 0.25) is 0 Å². The maximum Gasteiger partial charge on any atom is 0.357 e. The van der Waals surface area contributed by atoms with Crippen molar-refractivity contribution in [3.05, 3.63) is 44.3 Å². The van der Waals surface area contributed by atoms with E-state index in [0.717, 1.165) is 0 Å². The summed E-state index contributed by atoms with van der Waals surface area (Å²) in [4.78, 5) is 29.9. The molecule has 0 saturated carbocycles. The van der Waals surface area contributed by atoms with Crippen molar-refractivity contribution in [1.82, 2.24) is 9.88 Å². The molecule has 9 heteroatoms. The number of benzene rings is 1. The number of methoxy groups -OCH3 is 1. The Labute approximate surface area is 159 Å². The summed E-state index contributed by atoms with van der Waals surface area (Å²) in [6.45, 7) is 4.05. The van der Waals surface area contributed by atoms with Crippen LogP contribution in [-0.4, -0.2) is 35.0 Å². The summed E-state index contributed by atoms with van der Waals surface area (Å²) < 4.78 is 4.64. The van der Waals surface area contributed by atoms with Crippen molar-refractivity contribution in [2.24, 2.45) is 0 Å². The zero-order chi connectivity index (χ0) is 18.6. The lowest BCUT2D eigenvalue weighted by molar-refractivity contribution is 0.0594. The molecule has 0 aliphatic rings. The Morgan fingerprint density at radius 2 is 2.04 bits per heavy atom. The molecule has 1 heterocycles. The molecule has 0 saturated heterocycles. The van der Waals surface area contributed by atoms with Gasteiger partial charge in [-0.3, -0.25) is 0 Å². The van der Waals surface area contributed by atoms with Crippen LogP contribution in [0.2, 0.25) is 10.0 Å². The molecule has 2 amide bonds. The van der Waals surface area contributed by atoms with E-state index < -0.39 is 5.97 Å². The first-order valence-corrected chi connectivity index (χ1v) is 9.00. The number of hydrogen-bond acceptors (Lipinski definition) is 5. The lowest BCUT2D eigenvalue weighted by atomic mass is 10.3. The number of esters is 1. The first-order valence-electron chi connectivity index (χ1n) is 7.37. The fraction of sp³-hybridized carbons (Fsp3) is 0.312. The molecule has 134 valence electrons. The van der Waals surface area contributed by atoms with Gasteiger partial charge in [-0.25, -0.2) is 14.6 Å². The van der Waals surface area contributed by atoms with Crippen molar-refractivity contribution >= 4 is 52.2 Å². The number of hydrogen-bond donors (Lipinski definition) is 1. The van der Waals surface area contributed by atoms with E-state index in [9.17, 15) is 9.59 Å². The third kappa shape index (κ3) is 5.07. The van der Waals surface area contributed by atoms with Crippen molar-refractivity contribution in [2.75, 3.05) is 12.4 Å². The van der Waals surface area contributed by atoms with E-state index in [0.29, 0.717) is 20.7 Å². The smallest absolute Gasteiger partial charge is 0.357 e. The monoisotopic (exact) mass is 401 g/mol. The van der Waals surface area contributed by atoms with Gasteiger partial charge in [-0.1, -0.05) is 23.2 Å². The number of carbonyl (C=O) groups excluding carboxylic acids is 2. The Bertz CT molecular complexity index is 780. The zero-order valence-corrected chi connectivity index (χ0v) is 16.2. The van der Waals surface area contributed by atoms with Gasteiger partial charge in [-0.2, -0.15) is 0 Å². The second-order valence-electron chi connectivity index (χ2n) is 5.40. The van der Waals surface area contributed by atoms with E-state index in [-0.39, 0.29) is 24.3 Å². The van der Waals surface area contributed by atoms with Crippen molar-refractivity contribution in [2.45, 2.75) is 26.4 Å². The van der Waals surface area contributed by atoms with Crippen molar-refractivity contribution in [3.63, 3.8) is 0 Å². The van der Waals surface area contributed by atoms with Crippen LogP contribution in [0.3, 0.4) is 0 Å². The van der Waals surface area contributed by atoms with Crippen molar-refractivity contribution in [3.8, 4) is 0 Å². The first kappa shape index (κ1) is 19.5. The number of amides is 2. The molecular formula is C16H17Cl2N3O3S. The largest absolute Gasteiger partial charge is 0.464 e. The Morgan fingerprint density at radius 1 is 1.32 bits per heavy atom. The normalized spacial score (nSPS) is 10.6. The Hall–Kier alpha value is -1.83. The van der Waals surface area contributed by atoms with Crippen molar-refractivity contribution in [1.29, 1.82) is 0 Å². The summed E-state index contributed by atoms with van der Waals surface area (Å²) in [6.07, 6.45) is 0. The molecule has 0 atom stereocenters. The highest BCUT2D eigenvalue weighted by molar-refractivity contribution is 7.09. The zero-order valence-electron chi connectivity index (χ0n) is 13.9. The minimum Gasteiger partial charge on any atom is -0.464 e. The highest BCUT2D eigenvalue weighted by Crippen LogP contribution is 2.25. The summed E-state index contributed by atoms with van der Waals surface area (Å²) in [6, 6.07) is 4.49. The quantitative estimate of drug-likeness (QED) is 0.738. The first-order chi connectivity index (χ1) is 11.8. The average Bonchev–Trinajstić information content (AvgIpc) is 3.03. The number of anilines is 1. The van der Waals surface area contributed by atoms with Crippen LogP contribution in [-0.2, 0) is 11.3 Å². The van der Waals surface area contributed by atoms with Gasteiger partial charge >= 0.3 is 12.0 Å². The molecule has 0 radical (unpaired) electrons. The van der Waals surface area contributed by atoms with Crippen LogP contribution in [0.4, 0.5) is 10.5 Å². The minimum absolute atomic E-state index is 0.0757. The van der Waals surface area contributed by atoms with Crippen LogP contribution in [0.5, 0.6) is 0 Å². The predicted molar refractivity (Wildman–Crippen MR) is 99.6 cm³/mol.